The SMILES string of the molecule is CC1CCC(N(C)C(=O)COC(=O)c2ccc(O)cc2O)CC1. The summed E-state index contributed by atoms with van der Waals surface area (Å²) >= 11 is 0. The van der Waals surface area contributed by atoms with Crippen molar-refractivity contribution in [3.63, 3.8) is 0 Å². The molecule has 1 saturated carbocycles. The van der Waals surface area contributed by atoms with E-state index in [4.69, 9.17) is 4.74 Å². The van der Waals surface area contributed by atoms with E-state index in [0.717, 1.165) is 31.7 Å². The lowest BCUT2D eigenvalue weighted by molar-refractivity contribution is -0.136. The number of aromatic hydroxyl groups is 2. The summed E-state index contributed by atoms with van der Waals surface area (Å²) in [6, 6.07) is 3.77. The predicted molar refractivity (Wildman–Crippen MR) is 84.2 cm³/mol. The lowest BCUT2D eigenvalue weighted by atomic mass is 9.87. The lowest BCUT2D eigenvalue weighted by Gasteiger charge is -2.33. The molecule has 2 N–H and O–H groups in total. The van der Waals surface area contributed by atoms with Gasteiger partial charge in [-0.15, -0.1) is 0 Å². The van der Waals surface area contributed by atoms with Crippen LogP contribution in [0.25, 0.3) is 0 Å². The van der Waals surface area contributed by atoms with Gasteiger partial charge in [0.2, 0.25) is 0 Å². The Balaban J connectivity index is 1.87. The number of phenols is 2. The van der Waals surface area contributed by atoms with Crippen LogP contribution in [0.1, 0.15) is 43.0 Å². The second-order valence-corrected chi connectivity index (χ2v) is 6.20. The normalized spacial score (nSPS) is 20.8. The maximum Gasteiger partial charge on any atom is 0.342 e. The Morgan fingerprint density at radius 1 is 1.22 bits per heavy atom. The minimum Gasteiger partial charge on any atom is -0.508 e. The molecule has 1 aliphatic rings. The molecule has 1 fully saturated rings. The first-order valence-corrected chi connectivity index (χ1v) is 7.83. The maximum atomic E-state index is 12.1. The van der Waals surface area contributed by atoms with Crippen molar-refractivity contribution in [3.8, 4) is 11.5 Å². The first-order chi connectivity index (χ1) is 10.9. The highest BCUT2D eigenvalue weighted by molar-refractivity contribution is 5.94. The highest BCUT2D eigenvalue weighted by Crippen LogP contribution is 2.27. The van der Waals surface area contributed by atoms with E-state index in [-0.39, 0.29) is 35.6 Å². The molecule has 1 aromatic rings. The lowest BCUT2D eigenvalue weighted by Crippen LogP contribution is -2.41. The van der Waals surface area contributed by atoms with Gasteiger partial charge in [0.1, 0.15) is 17.1 Å². The van der Waals surface area contributed by atoms with E-state index in [1.807, 2.05) is 0 Å². The Hall–Kier alpha value is -2.24. The van der Waals surface area contributed by atoms with Crippen LogP contribution < -0.4 is 0 Å². The van der Waals surface area contributed by atoms with Crippen LogP contribution in [0.5, 0.6) is 11.5 Å². The van der Waals surface area contributed by atoms with Gasteiger partial charge in [0, 0.05) is 19.2 Å². The number of carbonyl (C=O) groups is 2. The molecule has 0 heterocycles. The van der Waals surface area contributed by atoms with Gasteiger partial charge in [0.15, 0.2) is 6.61 Å². The van der Waals surface area contributed by atoms with E-state index in [1.165, 1.54) is 12.1 Å². The highest BCUT2D eigenvalue weighted by atomic mass is 16.5. The smallest absolute Gasteiger partial charge is 0.342 e. The number of ether oxygens (including phenoxy) is 1. The quantitative estimate of drug-likeness (QED) is 0.831. The number of rotatable bonds is 4. The molecule has 0 spiro atoms. The number of hydrogen-bond donors (Lipinski definition) is 2. The molecule has 0 unspecified atom stereocenters. The molecule has 0 aromatic heterocycles. The minimum absolute atomic E-state index is 0.0789. The van der Waals surface area contributed by atoms with Gasteiger partial charge in [-0.25, -0.2) is 4.79 Å². The first-order valence-electron chi connectivity index (χ1n) is 7.83. The van der Waals surface area contributed by atoms with E-state index in [2.05, 4.69) is 6.92 Å². The molecule has 1 amide bonds. The van der Waals surface area contributed by atoms with Crippen molar-refractivity contribution in [2.75, 3.05) is 13.7 Å². The zero-order valence-electron chi connectivity index (χ0n) is 13.5. The molecule has 23 heavy (non-hydrogen) atoms. The van der Waals surface area contributed by atoms with Gasteiger partial charge in [-0.2, -0.15) is 0 Å². The van der Waals surface area contributed by atoms with E-state index in [0.29, 0.717) is 5.92 Å². The fourth-order valence-electron chi connectivity index (χ4n) is 2.83. The molecule has 0 aliphatic heterocycles. The summed E-state index contributed by atoms with van der Waals surface area (Å²) in [5.41, 5.74) is -0.0789. The number of benzene rings is 1. The van der Waals surface area contributed by atoms with Crippen molar-refractivity contribution < 1.29 is 24.5 Å². The van der Waals surface area contributed by atoms with Gasteiger partial charge in [-0.05, 0) is 43.7 Å². The van der Waals surface area contributed by atoms with Crippen LogP contribution in [0.4, 0.5) is 0 Å². The molecule has 2 rings (SSSR count). The number of esters is 1. The number of carbonyl (C=O) groups excluding carboxylic acids is 2. The Morgan fingerprint density at radius 3 is 2.48 bits per heavy atom. The second kappa shape index (κ2) is 7.35. The molecule has 6 heteroatoms. The maximum absolute atomic E-state index is 12.1. The molecule has 1 aliphatic carbocycles. The summed E-state index contributed by atoms with van der Waals surface area (Å²) in [6.07, 6.45) is 4.14. The van der Waals surface area contributed by atoms with Gasteiger partial charge in [0.05, 0.1) is 0 Å². The summed E-state index contributed by atoms with van der Waals surface area (Å²) < 4.78 is 4.97. The third kappa shape index (κ3) is 4.37. The molecular weight excluding hydrogens is 298 g/mol. The zero-order valence-corrected chi connectivity index (χ0v) is 13.5. The molecule has 1 aromatic carbocycles. The van der Waals surface area contributed by atoms with Crippen LogP contribution in [-0.2, 0) is 9.53 Å². The highest BCUT2D eigenvalue weighted by Gasteiger charge is 2.25. The summed E-state index contributed by atoms with van der Waals surface area (Å²) in [5, 5.41) is 18.8. The van der Waals surface area contributed by atoms with E-state index in [1.54, 1.807) is 11.9 Å². The molecule has 0 bridgehead atoms. The summed E-state index contributed by atoms with van der Waals surface area (Å²) in [7, 11) is 1.73. The van der Waals surface area contributed by atoms with Gasteiger partial charge in [-0.1, -0.05) is 6.92 Å². The zero-order chi connectivity index (χ0) is 17.0. The monoisotopic (exact) mass is 321 g/mol. The van der Waals surface area contributed by atoms with E-state index >= 15 is 0 Å². The molecule has 6 nitrogen and oxygen atoms in total. The van der Waals surface area contributed by atoms with Crippen LogP contribution >= 0.6 is 0 Å². The van der Waals surface area contributed by atoms with Crippen molar-refractivity contribution in [1.29, 1.82) is 0 Å². The number of hydrogen-bond acceptors (Lipinski definition) is 5. The number of phenolic OH excluding ortho intramolecular Hbond substituents is 2. The van der Waals surface area contributed by atoms with Crippen molar-refractivity contribution in [1.82, 2.24) is 4.90 Å². The van der Waals surface area contributed by atoms with Gasteiger partial charge in [0.25, 0.3) is 5.91 Å². The Bertz CT molecular complexity index is 578. The van der Waals surface area contributed by atoms with E-state index in [9.17, 15) is 19.8 Å². The van der Waals surface area contributed by atoms with Crippen molar-refractivity contribution in [3.05, 3.63) is 23.8 Å². The van der Waals surface area contributed by atoms with Gasteiger partial charge >= 0.3 is 5.97 Å². The molecular formula is C17H23NO5. The fraction of sp³-hybridized carbons (Fsp3) is 0.529. The van der Waals surface area contributed by atoms with Crippen molar-refractivity contribution in [2.24, 2.45) is 5.92 Å². The summed E-state index contributed by atoms with van der Waals surface area (Å²) in [5.74, 6) is -0.874. The van der Waals surface area contributed by atoms with Crippen molar-refractivity contribution in [2.45, 2.75) is 38.6 Å². The van der Waals surface area contributed by atoms with Crippen LogP contribution in [0.15, 0.2) is 18.2 Å². The van der Waals surface area contributed by atoms with Crippen LogP contribution in [0, 0.1) is 5.92 Å². The minimum atomic E-state index is -0.790. The largest absolute Gasteiger partial charge is 0.508 e. The van der Waals surface area contributed by atoms with Crippen molar-refractivity contribution >= 4 is 11.9 Å². The summed E-state index contributed by atoms with van der Waals surface area (Å²) in [6.45, 7) is 1.85. The Kier molecular flexibility index (Phi) is 5.47. The second-order valence-electron chi connectivity index (χ2n) is 6.20. The van der Waals surface area contributed by atoms with Gasteiger partial charge in [-0.3, -0.25) is 4.79 Å². The number of likely N-dealkylation sites (N-methyl/N-ethyl adjacent to an activating group) is 1. The average molecular weight is 321 g/mol. The molecule has 126 valence electrons. The van der Waals surface area contributed by atoms with Crippen LogP contribution in [0.3, 0.4) is 0 Å². The third-order valence-corrected chi connectivity index (χ3v) is 4.45. The van der Waals surface area contributed by atoms with Crippen LogP contribution in [-0.4, -0.2) is 46.7 Å². The predicted octanol–water partition coefficient (Wildman–Crippen LogP) is 2.29. The number of amides is 1. The standard InChI is InChI=1S/C17H23NO5/c1-11-3-5-12(6-4-11)18(2)16(21)10-23-17(22)14-8-7-13(19)9-15(14)20/h7-9,11-12,19-20H,3-6,10H2,1-2H3. The molecule has 0 saturated heterocycles. The van der Waals surface area contributed by atoms with Crippen LogP contribution in [0.2, 0.25) is 0 Å². The number of nitrogens with zero attached hydrogens (tertiary/aromatic N) is 1. The third-order valence-electron chi connectivity index (χ3n) is 4.45. The van der Waals surface area contributed by atoms with E-state index < -0.39 is 5.97 Å². The summed E-state index contributed by atoms with van der Waals surface area (Å²) in [4.78, 5) is 25.7. The molecule has 0 atom stereocenters. The van der Waals surface area contributed by atoms with Gasteiger partial charge < -0.3 is 19.8 Å². The molecule has 0 radical (unpaired) electrons. The topological polar surface area (TPSA) is 87.1 Å². The first kappa shape index (κ1) is 17.1. The Labute approximate surface area is 135 Å². The Morgan fingerprint density at radius 2 is 1.87 bits per heavy atom. The average Bonchev–Trinajstić information content (AvgIpc) is 2.52. The fourth-order valence-corrected chi connectivity index (χ4v) is 2.83.